The fourth-order valence-corrected chi connectivity index (χ4v) is 3.03. The summed E-state index contributed by atoms with van der Waals surface area (Å²) < 4.78 is 0. The first kappa shape index (κ1) is 13.8. The third-order valence-corrected chi connectivity index (χ3v) is 4.23. The summed E-state index contributed by atoms with van der Waals surface area (Å²) in [6.45, 7) is 6.95. The van der Waals surface area contributed by atoms with Crippen LogP contribution in [0, 0.1) is 5.92 Å². The topological polar surface area (TPSA) is 58.4 Å². The summed E-state index contributed by atoms with van der Waals surface area (Å²) in [5.41, 5.74) is 5.26. The van der Waals surface area contributed by atoms with Crippen molar-refractivity contribution in [1.29, 1.82) is 0 Å². The van der Waals surface area contributed by atoms with E-state index in [1.54, 1.807) is 0 Å². The maximum Gasteiger partial charge on any atom is 0.239 e. The number of amides is 1. The van der Waals surface area contributed by atoms with Crippen LogP contribution in [-0.4, -0.2) is 42.0 Å². The molecule has 1 unspecified atom stereocenters. The molecule has 1 atom stereocenters. The number of nitrogens with two attached hydrogens (primary N) is 1. The Morgan fingerprint density at radius 2 is 2.00 bits per heavy atom. The zero-order valence-corrected chi connectivity index (χ0v) is 11.7. The fraction of sp³-hybridized carbons (Fsp3) is 0.929. The van der Waals surface area contributed by atoms with Gasteiger partial charge in [0.2, 0.25) is 5.91 Å². The van der Waals surface area contributed by atoms with E-state index in [2.05, 4.69) is 24.1 Å². The molecule has 0 bridgehead atoms. The van der Waals surface area contributed by atoms with E-state index in [1.165, 1.54) is 12.8 Å². The van der Waals surface area contributed by atoms with Gasteiger partial charge in [0.05, 0.1) is 0 Å². The first-order valence-electron chi connectivity index (χ1n) is 7.43. The van der Waals surface area contributed by atoms with Gasteiger partial charge in [-0.15, -0.1) is 0 Å². The van der Waals surface area contributed by atoms with Crippen molar-refractivity contribution in [2.45, 2.75) is 57.5 Å². The number of carbonyl (C=O) groups is 1. The Morgan fingerprint density at radius 3 is 2.39 bits per heavy atom. The minimum absolute atomic E-state index is 0.159. The zero-order chi connectivity index (χ0) is 13.2. The van der Waals surface area contributed by atoms with E-state index in [9.17, 15) is 4.79 Å². The van der Waals surface area contributed by atoms with Gasteiger partial charge in [-0.05, 0) is 51.1 Å². The SMILES string of the molecule is CCCN(CC(NCC)(C(N)=O)C1CC1)C1CC1. The molecule has 4 nitrogen and oxygen atoms in total. The van der Waals surface area contributed by atoms with E-state index in [-0.39, 0.29) is 5.91 Å². The smallest absolute Gasteiger partial charge is 0.239 e. The van der Waals surface area contributed by atoms with E-state index < -0.39 is 5.54 Å². The summed E-state index contributed by atoms with van der Waals surface area (Å²) in [5, 5.41) is 3.41. The van der Waals surface area contributed by atoms with Gasteiger partial charge in [-0.2, -0.15) is 0 Å². The normalized spacial score (nSPS) is 23.1. The predicted molar refractivity (Wildman–Crippen MR) is 73.2 cm³/mol. The molecule has 0 aromatic rings. The highest BCUT2D eigenvalue weighted by atomic mass is 16.1. The van der Waals surface area contributed by atoms with Crippen molar-refractivity contribution in [1.82, 2.24) is 10.2 Å². The molecule has 2 aliphatic carbocycles. The monoisotopic (exact) mass is 253 g/mol. The first-order valence-corrected chi connectivity index (χ1v) is 7.43. The molecule has 3 N–H and O–H groups in total. The summed E-state index contributed by atoms with van der Waals surface area (Å²) in [6.07, 6.45) is 5.99. The van der Waals surface area contributed by atoms with Gasteiger partial charge in [-0.3, -0.25) is 9.69 Å². The van der Waals surface area contributed by atoms with Gasteiger partial charge in [0, 0.05) is 12.6 Å². The van der Waals surface area contributed by atoms with Crippen molar-refractivity contribution in [3.63, 3.8) is 0 Å². The average Bonchev–Trinajstić information content (AvgIpc) is 3.18. The molecular weight excluding hydrogens is 226 g/mol. The second kappa shape index (κ2) is 5.57. The maximum absolute atomic E-state index is 12.0. The Kier molecular flexibility index (Phi) is 4.28. The van der Waals surface area contributed by atoms with Crippen LogP contribution in [-0.2, 0) is 4.79 Å². The van der Waals surface area contributed by atoms with Gasteiger partial charge in [0.25, 0.3) is 0 Å². The van der Waals surface area contributed by atoms with Gasteiger partial charge < -0.3 is 11.1 Å². The summed E-state index contributed by atoms with van der Waals surface area (Å²) in [7, 11) is 0. The molecule has 0 aromatic heterocycles. The Balaban J connectivity index is 2.08. The van der Waals surface area contributed by atoms with Crippen LogP contribution < -0.4 is 11.1 Å². The third kappa shape index (κ3) is 2.86. The number of primary amides is 1. The Labute approximate surface area is 110 Å². The second-order valence-electron chi connectivity index (χ2n) is 5.84. The molecular formula is C14H27N3O. The Bertz CT molecular complexity index is 299. The predicted octanol–water partition coefficient (Wildman–Crippen LogP) is 1.10. The van der Waals surface area contributed by atoms with Gasteiger partial charge in [-0.1, -0.05) is 13.8 Å². The number of hydrogen-bond donors (Lipinski definition) is 2. The number of likely N-dealkylation sites (N-methyl/N-ethyl adjacent to an activating group) is 1. The molecule has 2 saturated carbocycles. The van der Waals surface area contributed by atoms with Crippen LogP contribution in [0.5, 0.6) is 0 Å². The molecule has 0 spiro atoms. The number of rotatable bonds is 9. The summed E-state index contributed by atoms with van der Waals surface area (Å²) in [4.78, 5) is 14.5. The van der Waals surface area contributed by atoms with E-state index in [0.29, 0.717) is 12.0 Å². The quantitative estimate of drug-likeness (QED) is 0.647. The molecule has 0 aromatic carbocycles. The van der Waals surface area contributed by atoms with Crippen LogP contribution in [0.1, 0.15) is 46.0 Å². The summed E-state index contributed by atoms with van der Waals surface area (Å²) >= 11 is 0. The van der Waals surface area contributed by atoms with Gasteiger partial charge in [-0.25, -0.2) is 0 Å². The average molecular weight is 253 g/mol. The maximum atomic E-state index is 12.0. The lowest BCUT2D eigenvalue weighted by Gasteiger charge is -2.37. The lowest BCUT2D eigenvalue weighted by Crippen LogP contribution is -2.63. The highest BCUT2D eigenvalue weighted by Gasteiger charge is 2.51. The molecule has 0 heterocycles. The molecule has 4 heteroatoms. The van der Waals surface area contributed by atoms with Gasteiger partial charge >= 0.3 is 0 Å². The molecule has 0 saturated heterocycles. The highest BCUT2D eigenvalue weighted by molar-refractivity contribution is 5.86. The summed E-state index contributed by atoms with van der Waals surface area (Å²) in [5.74, 6) is 0.293. The minimum Gasteiger partial charge on any atom is -0.368 e. The van der Waals surface area contributed by atoms with E-state index in [4.69, 9.17) is 5.73 Å². The van der Waals surface area contributed by atoms with Crippen molar-refractivity contribution < 1.29 is 4.79 Å². The van der Waals surface area contributed by atoms with Gasteiger partial charge in [0.15, 0.2) is 0 Å². The van der Waals surface area contributed by atoms with Crippen LogP contribution in [0.2, 0.25) is 0 Å². The van der Waals surface area contributed by atoms with Crippen molar-refractivity contribution in [3.8, 4) is 0 Å². The Hall–Kier alpha value is -0.610. The van der Waals surface area contributed by atoms with Crippen LogP contribution in [0.4, 0.5) is 0 Å². The number of carbonyl (C=O) groups excluding carboxylic acids is 1. The van der Waals surface area contributed by atoms with Crippen LogP contribution >= 0.6 is 0 Å². The molecule has 2 rings (SSSR count). The number of nitrogens with zero attached hydrogens (tertiary/aromatic N) is 1. The lowest BCUT2D eigenvalue weighted by atomic mass is 9.91. The van der Waals surface area contributed by atoms with Crippen LogP contribution in [0.15, 0.2) is 0 Å². The molecule has 18 heavy (non-hydrogen) atoms. The minimum atomic E-state index is -0.480. The molecule has 0 radical (unpaired) electrons. The van der Waals surface area contributed by atoms with Crippen molar-refractivity contribution in [3.05, 3.63) is 0 Å². The van der Waals surface area contributed by atoms with Crippen LogP contribution in [0.25, 0.3) is 0 Å². The highest BCUT2D eigenvalue weighted by Crippen LogP contribution is 2.41. The molecule has 2 aliphatic rings. The van der Waals surface area contributed by atoms with Crippen molar-refractivity contribution >= 4 is 5.91 Å². The Morgan fingerprint density at radius 1 is 1.33 bits per heavy atom. The van der Waals surface area contributed by atoms with E-state index >= 15 is 0 Å². The third-order valence-electron chi connectivity index (χ3n) is 4.23. The van der Waals surface area contributed by atoms with E-state index in [1.807, 2.05) is 0 Å². The fourth-order valence-electron chi connectivity index (χ4n) is 3.03. The largest absolute Gasteiger partial charge is 0.368 e. The van der Waals surface area contributed by atoms with Crippen molar-refractivity contribution in [2.75, 3.05) is 19.6 Å². The number of nitrogens with one attached hydrogen (secondary N) is 1. The second-order valence-corrected chi connectivity index (χ2v) is 5.84. The lowest BCUT2D eigenvalue weighted by molar-refractivity contribution is -0.126. The van der Waals surface area contributed by atoms with Crippen molar-refractivity contribution in [2.24, 2.45) is 11.7 Å². The summed E-state index contributed by atoms with van der Waals surface area (Å²) in [6, 6.07) is 0.695. The molecule has 2 fully saturated rings. The van der Waals surface area contributed by atoms with Crippen LogP contribution in [0.3, 0.4) is 0 Å². The molecule has 0 aliphatic heterocycles. The first-order chi connectivity index (χ1) is 8.64. The molecule has 104 valence electrons. The molecule has 1 amide bonds. The van der Waals surface area contributed by atoms with Gasteiger partial charge in [0.1, 0.15) is 5.54 Å². The van der Waals surface area contributed by atoms with E-state index in [0.717, 1.165) is 38.9 Å². The number of hydrogen-bond acceptors (Lipinski definition) is 3. The standard InChI is InChI=1S/C14H27N3O/c1-3-9-17(12-7-8-12)10-14(13(15)18,16-4-2)11-5-6-11/h11-12,16H,3-10H2,1-2H3,(H2,15,18). The zero-order valence-electron chi connectivity index (χ0n) is 11.7.